The molecule has 2 rings (SSSR count). The number of alkyl halides is 3. The van der Waals surface area contributed by atoms with Crippen molar-refractivity contribution in [3.63, 3.8) is 0 Å². The molecule has 8 heteroatoms. The molecule has 0 amide bonds. The van der Waals surface area contributed by atoms with E-state index in [0.29, 0.717) is 19.1 Å². The van der Waals surface area contributed by atoms with Gasteiger partial charge in [0.05, 0.1) is 0 Å². The monoisotopic (exact) mass is 308 g/mol. The Balaban J connectivity index is 2.26. The molecule has 20 heavy (non-hydrogen) atoms. The summed E-state index contributed by atoms with van der Waals surface area (Å²) in [5, 5.41) is -0.186. The summed E-state index contributed by atoms with van der Waals surface area (Å²) in [5.74, 6) is -0.948. The summed E-state index contributed by atoms with van der Waals surface area (Å²) < 4.78 is 38.1. The average molecular weight is 309 g/mol. The number of halogens is 4. The first-order valence-electron chi connectivity index (χ1n) is 6.30. The van der Waals surface area contributed by atoms with Gasteiger partial charge in [-0.2, -0.15) is 13.2 Å². The second kappa shape index (κ2) is 5.73. The Morgan fingerprint density at radius 1 is 1.35 bits per heavy atom. The molecule has 1 aliphatic heterocycles. The molecule has 0 aromatic carbocycles. The number of aromatic nitrogens is 2. The van der Waals surface area contributed by atoms with Crippen molar-refractivity contribution in [1.29, 1.82) is 0 Å². The first-order chi connectivity index (χ1) is 9.27. The fourth-order valence-corrected chi connectivity index (χ4v) is 2.46. The highest BCUT2D eigenvalue weighted by molar-refractivity contribution is 6.29. The lowest BCUT2D eigenvalue weighted by Crippen LogP contribution is -2.45. The Morgan fingerprint density at radius 2 is 2.05 bits per heavy atom. The van der Waals surface area contributed by atoms with Gasteiger partial charge in [0.2, 0.25) is 5.82 Å². The highest BCUT2D eigenvalue weighted by Gasteiger charge is 2.36. The van der Waals surface area contributed by atoms with E-state index in [0.717, 1.165) is 12.8 Å². The molecule has 1 atom stereocenters. The Hall–Kier alpha value is -1.08. The first kappa shape index (κ1) is 15.3. The second-order valence-corrected chi connectivity index (χ2v) is 5.46. The fraction of sp³-hybridized carbons (Fsp3) is 0.667. The van der Waals surface area contributed by atoms with Crippen LogP contribution in [0.15, 0.2) is 6.07 Å². The van der Waals surface area contributed by atoms with E-state index in [1.165, 1.54) is 6.07 Å². The minimum absolute atomic E-state index is 0.186. The van der Waals surface area contributed by atoms with Crippen LogP contribution in [0, 0.1) is 0 Å². The van der Waals surface area contributed by atoms with Crippen LogP contribution in [-0.2, 0) is 6.18 Å². The van der Waals surface area contributed by atoms with Crippen LogP contribution < -0.4 is 4.90 Å². The number of hydrogen-bond acceptors (Lipinski definition) is 4. The summed E-state index contributed by atoms with van der Waals surface area (Å²) in [5.41, 5.74) is 0. The Kier molecular flexibility index (Phi) is 4.39. The van der Waals surface area contributed by atoms with Crippen molar-refractivity contribution in [2.24, 2.45) is 0 Å². The van der Waals surface area contributed by atoms with Crippen molar-refractivity contribution in [1.82, 2.24) is 14.9 Å². The van der Waals surface area contributed by atoms with Crippen molar-refractivity contribution >= 4 is 17.4 Å². The Labute approximate surface area is 120 Å². The third-order valence-electron chi connectivity index (χ3n) is 3.39. The molecule has 1 saturated heterocycles. The van der Waals surface area contributed by atoms with Crippen LogP contribution in [0.3, 0.4) is 0 Å². The van der Waals surface area contributed by atoms with E-state index in [1.54, 1.807) is 0 Å². The van der Waals surface area contributed by atoms with Crippen LogP contribution in [0.5, 0.6) is 0 Å². The van der Waals surface area contributed by atoms with Gasteiger partial charge >= 0.3 is 6.18 Å². The summed E-state index contributed by atoms with van der Waals surface area (Å²) in [7, 11) is 3.92. The second-order valence-electron chi connectivity index (χ2n) is 5.08. The van der Waals surface area contributed by atoms with Crippen LogP contribution in [0.2, 0.25) is 5.15 Å². The Bertz CT molecular complexity index is 478. The van der Waals surface area contributed by atoms with Gasteiger partial charge in [-0.05, 0) is 26.9 Å². The minimum atomic E-state index is -4.59. The van der Waals surface area contributed by atoms with E-state index in [1.807, 2.05) is 19.0 Å². The zero-order chi connectivity index (χ0) is 14.9. The van der Waals surface area contributed by atoms with Crippen molar-refractivity contribution in [2.45, 2.75) is 25.1 Å². The normalized spacial score (nSPS) is 20.6. The van der Waals surface area contributed by atoms with Crippen LogP contribution in [0.1, 0.15) is 18.7 Å². The largest absolute Gasteiger partial charge is 0.451 e. The van der Waals surface area contributed by atoms with Crippen LogP contribution in [0.25, 0.3) is 0 Å². The van der Waals surface area contributed by atoms with Crippen LogP contribution >= 0.6 is 11.6 Å². The number of piperidine rings is 1. The summed E-state index contributed by atoms with van der Waals surface area (Å²) in [6.45, 7) is 1.31. The molecule has 0 radical (unpaired) electrons. The van der Waals surface area contributed by atoms with Gasteiger partial charge in [0, 0.05) is 25.2 Å². The molecule has 0 N–H and O–H groups in total. The molecule has 2 heterocycles. The van der Waals surface area contributed by atoms with Crippen molar-refractivity contribution in [3.05, 3.63) is 17.0 Å². The van der Waals surface area contributed by atoms with E-state index in [-0.39, 0.29) is 11.0 Å². The maximum atomic E-state index is 12.7. The zero-order valence-corrected chi connectivity index (χ0v) is 12.0. The topological polar surface area (TPSA) is 32.3 Å². The molecule has 0 bridgehead atoms. The maximum Gasteiger partial charge on any atom is 0.451 e. The van der Waals surface area contributed by atoms with Gasteiger partial charge in [-0.25, -0.2) is 9.97 Å². The molecule has 0 spiro atoms. The summed E-state index contributed by atoms with van der Waals surface area (Å²) in [6.07, 6.45) is -2.66. The molecule has 1 aromatic heterocycles. The van der Waals surface area contributed by atoms with E-state index in [2.05, 4.69) is 14.9 Å². The predicted molar refractivity (Wildman–Crippen MR) is 71.0 cm³/mol. The standard InChI is InChI=1S/C12H16ClF3N4/c1-19(2)8-4-3-5-20(7-8)10-6-9(13)17-11(18-10)12(14,15)16/h6,8H,3-5,7H2,1-2H3. The quantitative estimate of drug-likeness (QED) is 0.786. The van der Waals surface area contributed by atoms with E-state index >= 15 is 0 Å². The predicted octanol–water partition coefficient (Wildman–Crippen LogP) is 2.68. The lowest BCUT2D eigenvalue weighted by atomic mass is 10.1. The highest BCUT2D eigenvalue weighted by Crippen LogP contribution is 2.30. The number of anilines is 1. The molecule has 4 nitrogen and oxygen atoms in total. The molecule has 1 fully saturated rings. The smallest absolute Gasteiger partial charge is 0.355 e. The van der Waals surface area contributed by atoms with Crippen molar-refractivity contribution < 1.29 is 13.2 Å². The minimum Gasteiger partial charge on any atom is -0.355 e. The van der Waals surface area contributed by atoms with Gasteiger partial charge in [-0.3, -0.25) is 0 Å². The lowest BCUT2D eigenvalue weighted by molar-refractivity contribution is -0.144. The molecule has 1 aromatic rings. The van der Waals surface area contributed by atoms with Gasteiger partial charge in [0.1, 0.15) is 11.0 Å². The number of nitrogens with zero attached hydrogens (tertiary/aromatic N) is 4. The third kappa shape index (κ3) is 3.52. The summed E-state index contributed by atoms with van der Waals surface area (Å²) in [6, 6.07) is 1.68. The number of rotatable bonds is 2. The SMILES string of the molecule is CN(C)C1CCCN(c2cc(Cl)nc(C(F)(F)F)n2)C1. The van der Waals surface area contributed by atoms with Gasteiger partial charge in [-0.15, -0.1) is 0 Å². The molecule has 0 saturated carbocycles. The first-order valence-corrected chi connectivity index (χ1v) is 6.68. The Morgan fingerprint density at radius 3 is 2.65 bits per heavy atom. The maximum absolute atomic E-state index is 12.7. The molecule has 1 unspecified atom stereocenters. The van der Waals surface area contributed by atoms with Crippen molar-refractivity contribution in [3.8, 4) is 0 Å². The molecule has 1 aliphatic rings. The van der Waals surface area contributed by atoms with Crippen LogP contribution in [-0.4, -0.2) is 48.1 Å². The zero-order valence-electron chi connectivity index (χ0n) is 11.3. The van der Waals surface area contributed by atoms with E-state index in [9.17, 15) is 13.2 Å². The van der Waals surface area contributed by atoms with Gasteiger partial charge < -0.3 is 9.80 Å². The number of hydrogen-bond donors (Lipinski definition) is 0. The summed E-state index contributed by atoms with van der Waals surface area (Å²) >= 11 is 5.69. The molecule has 0 aliphatic carbocycles. The third-order valence-corrected chi connectivity index (χ3v) is 3.58. The average Bonchev–Trinajstić information content (AvgIpc) is 2.37. The molecular formula is C12H16ClF3N4. The number of likely N-dealkylation sites (N-methyl/N-ethyl adjacent to an activating group) is 1. The van der Waals surface area contributed by atoms with E-state index in [4.69, 9.17) is 11.6 Å². The van der Waals surface area contributed by atoms with Gasteiger partial charge in [-0.1, -0.05) is 11.6 Å². The fourth-order valence-electron chi connectivity index (χ4n) is 2.28. The lowest BCUT2D eigenvalue weighted by Gasteiger charge is -2.36. The molecule has 112 valence electrons. The molecular weight excluding hydrogens is 293 g/mol. The van der Waals surface area contributed by atoms with Crippen LogP contribution in [0.4, 0.5) is 19.0 Å². The summed E-state index contributed by atoms with van der Waals surface area (Å²) in [4.78, 5) is 10.8. The van der Waals surface area contributed by atoms with Gasteiger partial charge in [0.15, 0.2) is 0 Å². The van der Waals surface area contributed by atoms with E-state index < -0.39 is 12.0 Å². The van der Waals surface area contributed by atoms with Gasteiger partial charge in [0.25, 0.3) is 0 Å². The highest BCUT2D eigenvalue weighted by atomic mass is 35.5. The van der Waals surface area contributed by atoms with Crippen molar-refractivity contribution in [2.75, 3.05) is 32.1 Å².